The number of carbonyl (C=O) groups excluding carboxylic acids is 1. The van der Waals surface area contributed by atoms with Crippen LogP contribution in [0.3, 0.4) is 0 Å². The fourth-order valence-electron chi connectivity index (χ4n) is 1.21. The molecule has 88 valence electrons. The van der Waals surface area contributed by atoms with E-state index in [1.54, 1.807) is 12.1 Å². The van der Waals surface area contributed by atoms with Gasteiger partial charge in [0, 0.05) is 16.9 Å². The summed E-state index contributed by atoms with van der Waals surface area (Å²) >= 11 is 8.77. The Morgan fingerprint density at radius 2 is 2.19 bits per heavy atom. The Labute approximate surface area is 108 Å². The molecule has 2 N–H and O–H groups in total. The third-order valence-electron chi connectivity index (χ3n) is 2.05. The van der Waals surface area contributed by atoms with E-state index in [0.717, 1.165) is 17.3 Å². The highest BCUT2D eigenvalue weighted by Gasteiger charge is 2.10. The van der Waals surface area contributed by atoms with E-state index in [-0.39, 0.29) is 17.2 Å². The number of alkyl halides is 1. The summed E-state index contributed by atoms with van der Waals surface area (Å²) in [4.78, 5) is 11.7. The summed E-state index contributed by atoms with van der Waals surface area (Å²) in [6, 6.07) is 4.75. The average molecular weight is 307 g/mol. The van der Waals surface area contributed by atoms with Gasteiger partial charge in [0.15, 0.2) is 0 Å². The second-order valence-electron chi connectivity index (χ2n) is 3.31. The van der Waals surface area contributed by atoms with Crippen molar-refractivity contribution in [1.29, 1.82) is 0 Å². The maximum atomic E-state index is 11.7. The fraction of sp³-hybridized carbons (Fsp3) is 0.364. The van der Waals surface area contributed by atoms with Crippen molar-refractivity contribution in [3.05, 3.63) is 28.2 Å². The van der Waals surface area contributed by atoms with Crippen LogP contribution in [0.1, 0.15) is 23.2 Å². The van der Waals surface area contributed by atoms with E-state index in [2.05, 4.69) is 21.2 Å². The van der Waals surface area contributed by atoms with Gasteiger partial charge in [0.1, 0.15) is 5.75 Å². The van der Waals surface area contributed by atoms with Gasteiger partial charge in [-0.2, -0.15) is 0 Å². The molecule has 0 unspecified atom stereocenters. The summed E-state index contributed by atoms with van der Waals surface area (Å²) in [5.41, 5.74) is 0.278. The van der Waals surface area contributed by atoms with Crippen molar-refractivity contribution in [3.63, 3.8) is 0 Å². The Morgan fingerprint density at radius 3 is 2.88 bits per heavy atom. The minimum Gasteiger partial charge on any atom is -0.507 e. The minimum absolute atomic E-state index is 0.0157. The van der Waals surface area contributed by atoms with Crippen molar-refractivity contribution in [2.45, 2.75) is 12.8 Å². The SMILES string of the molecule is O=C(NCCCCCl)c1cc(Br)ccc1O. The van der Waals surface area contributed by atoms with E-state index >= 15 is 0 Å². The lowest BCUT2D eigenvalue weighted by atomic mass is 10.2. The molecule has 1 aromatic carbocycles. The zero-order valence-electron chi connectivity index (χ0n) is 8.67. The smallest absolute Gasteiger partial charge is 0.255 e. The van der Waals surface area contributed by atoms with E-state index in [9.17, 15) is 9.90 Å². The number of halogens is 2. The number of unbranched alkanes of at least 4 members (excludes halogenated alkanes) is 1. The van der Waals surface area contributed by atoms with E-state index in [1.165, 1.54) is 6.07 Å². The number of nitrogens with one attached hydrogen (secondary N) is 1. The Kier molecular flexibility index (Phi) is 5.63. The molecule has 0 bridgehead atoms. The molecule has 0 aromatic heterocycles. The molecule has 0 atom stereocenters. The Balaban J connectivity index is 2.55. The van der Waals surface area contributed by atoms with Gasteiger partial charge >= 0.3 is 0 Å². The quantitative estimate of drug-likeness (QED) is 0.649. The van der Waals surface area contributed by atoms with E-state index in [0.29, 0.717) is 12.4 Å². The summed E-state index contributed by atoms with van der Waals surface area (Å²) in [5, 5.41) is 12.2. The van der Waals surface area contributed by atoms with Crippen LogP contribution in [-0.4, -0.2) is 23.4 Å². The van der Waals surface area contributed by atoms with Gasteiger partial charge in [0.05, 0.1) is 5.56 Å². The highest BCUT2D eigenvalue weighted by atomic mass is 79.9. The minimum atomic E-state index is -0.270. The van der Waals surface area contributed by atoms with Gasteiger partial charge in [-0.05, 0) is 31.0 Å². The van der Waals surface area contributed by atoms with Gasteiger partial charge in [0.2, 0.25) is 0 Å². The largest absolute Gasteiger partial charge is 0.507 e. The number of amides is 1. The monoisotopic (exact) mass is 305 g/mol. The first-order valence-electron chi connectivity index (χ1n) is 4.98. The maximum absolute atomic E-state index is 11.7. The maximum Gasteiger partial charge on any atom is 0.255 e. The molecule has 16 heavy (non-hydrogen) atoms. The predicted molar refractivity (Wildman–Crippen MR) is 68.1 cm³/mol. The van der Waals surface area contributed by atoms with Crippen LogP contribution >= 0.6 is 27.5 Å². The number of benzene rings is 1. The Morgan fingerprint density at radius 1 is 1.44 bits per heavy atom. The van der Waals surface area contributed by atoms with E-state index < -0.39 is 0 Å². The Bertz CT molecular complexity index is 371. The number of rotatable bonds is 5. The van der Waals surface area contributed by atoms with Crippen LogP contribution in [-0.2, 0) is 0 Å². The average Bonchev–Trinajstić information content (AvgIpc) is 2.27. The lowest BCUT2D eigenvalue weighted by Crippen LogP contribution is -2.24. The molecule has 0 spiro atoms. The molecular formula is C11H13BrClNO2. The fourth-order valence-corrected chi connectivity index (χ4v) is 1.76. The molecule has 1 amide bonds. The van der Waals surface area contributed by atoms with Gasteiger partial charge in [-0.15, -0.1) is 11.6 Å². The van der Waals surface area contributed by atoms with Crippen LogP contribution in [0.25, 0.3) is 0 Å². The predicted octanol–water partition coefficient (Wildman–Crippen LogP) is 2.90. The van der Waals surface area contributed by atoms with Crippen molar-refractivity contribution >= 4 is 33.4 Å². The third-order valence-corrected chi connectivity index (χ3v) is 2.81. The lowest BCUT2D eigenvalue weighted by molar-refractivity contribution is 0.0950. The van der Waals surface area contributed by atoms with Crippen LogP contribution < -0.4 is 5.32 Å². The van der Waals surface area contributed by atoms with E-state index in [1.807, 2.05) is 0 Å². The molecule has 3 nitrogen and oxygen atoms in total. The van der Waals surface area contributed by atoms with Crippen LogP contribution in [0, 0.1) is 0 Å². The highest BCUT2D eigenvalue weighted by molar-refractivity contribution is 9.10. The topological polar surface area (TPSA) is 49.3 Å². The molecule has 0 aliphatic carbocycles. The van der Waals surface area contributed by atoms with Crippen LogP contribution in [0.2, 0.25) is 0 Å². The van der Waals surface area contributed by atoms with Gasteiger partial charge in [-0.25, -0.2) is 0 Å². The molecule has 0 radical (unpaired) electrons. The standard InChI is InChI=1S/C11H13BrClNO2/c12-8-3-4-10(15)9(7-8)11(16)14-6-2-1-5-13/h3-4,7,15H,1-2,5-6H2,(H,14,16). The van der Waals surface area contributed by atoms with Crippen molar-refractivity contribution in [2.75, 3.05) is 12.4 Å². The molecule has 0 saturated heterocycles. The number of aromatic hydroxyl groups is 1. The van der Waals surface area contributed by atoms with Gasteiger partial charge in [-0.1, -0.05) is 15.9 Å². The number of phenolic OH excluding ortho intramolecular Hbond substituents is 1. The first kappa shape index (κ1) is 13.3. The Hall–Kier alpha value is -0.740. The number of carbonyl (C=O) groups is 1. The molecule has 0 heterocycles. The zero-order valence-corrected chi connectivity index (χ0v) is 11.0. The van der Waals surface area contributed by atoms with Crippen molar-refractivity contribution in [3.8, 4) is 5.75 Å². The van der Waals surface area contributed by atoms with Gasteiger partial charge in [0.25, 0.3) is 5.91 Å². The lowest BCUT2D eigenvalue weighted by Gasteiger charge is -2.06. The molecule has 1 rings (SSSR count). The summed E-state index contributed by atoms with van der Waals surface area (Å²) in [6.45, 7) is 0.567. The summed E-state index contributed by atoms with van der Waals surface area (Å²) in [5.74, 6) is 0.310. The van der Waals surface area contributed by atoms with Crippen LogP contribution in [0.15, 0.2) is 22.7 Å². The number of hydrogen-bond donors (Lipinski definition) is 2. The second kappa shape index (κ2) is 6.76. The molecule has 0 fully saturated rings. The molecular weight excluding hydrogens is 293 g/mol. The summed E-state index contributed by atoms with van der Waals surface area (Å²) < 4.78 is 0.760. The second-order valence-corrected chi connectivity index (χ2v) is 4.61. The molecule has 0 saturated carbocycles. The molecule has 0 aliphatic rings. The third kappa shape index (κ3) is 4.02. The first-order valence-corrected chi connectivity index (χ1v) is 6.30. The van der Waals surface area contributed by atoms with Crippen molar-refractivity contribution < 1.29 is 9.90 Å². The van der Waals surface area contributed by atoms with Crippen molar-refractivity contribution in [1.82, 2.24) is 5.32 Å². The zero-order chi connectivity index (χ0) is 12.0. The first-order chi connectivity index (χ1) is 7.65. The highest BCUT2D eigenvalue weighted by Crippen LogP contribution is 2.21. The number of phenols is 1. The summed E-state index contributed by atoms with van der Waals surface area (Å²) in [7, 11) is 0. The van der Waals surface area contributed by atoms with Crippen LogP contribution in [0.5, 0.6) is 5.75 Å². The number of hydrogen-bond acceptors (Lipinski definition) is 2. The van der Waals surface area contributed by atoms with E-state index in [4.69, 9.17) is 11.6 Å². The summed E-state index contributed by atoms with van der Waals surface area (Å²) in [6.07, 6.45) is 1.70. The van der Waals surface area contributed by atoms with Gasteiger partial charge < -0.3 is 10.4 Å². The normalized spacial score (nSPS) is 10.1. The van der Waals surface area contributed by atoms with Crippen LogP contribution in [0.4, 0.5) is 0 Å². The van der Waals surface area contributed by atoms with Gasteiger partial charge in [-0.3, -0.25) is 4.79 Å². The molecule has 1 aromatic rings. The molecule has 0 aliphatic heterocycles. The van der Waals surface area contributed by atoms with Crippen molar-refractivity contribution in [2.24, 2.45) is 0 Å². The molecule has 5 heteroatoms.